The Labute approximate surface area is 171 Å². The lowest BCUT2D eigenvalue weighted by Gasteiger charge is -2.22. The summed E-state index contributed by atoms with van der Waals surface area (Å²) in [6.07, 6.45) is 17.3. The molecule has 0 saturated heterocycles. The first-order chi connectivity index (χ1) is 12.7. The van der Waals surface area contributed by atoms with Gasteiger partial charge in [-0.05, 0) is 36.5 Å². The molecule has 0 aliphatic rings. The lowest BCUT2D eigenvalue weighted by atomic mass is 9.84. The van der Waals surface area contributed by atoms with Crippen LogP contribution < -0.4 is 0 Å². The van der Waals surface area contributed by atoms with Crippen molar-refractivity contribution in [3.05, 3.63) is 0 Å². The first-order valence-electron chi connectivity index (χ1n) is 11.9. The lowest BCUT2D eigenvalue weighted by molar-refractivity contribution is -0.144. The Morgan fingerprint density at radius 3 is 1.70 bits per heavy atom. The molecule has 0 amide bonds. The van der Waals surface area contributed by atoms with Crippen LogP contribution in [0.25, 0.3) is 0 Å². The molecule has 0 saturated carbocycles. The highest BCUT2D eigenvalue weighted by molar-refractivity contribution is 5.69. The van der Waals surface area contributed by atoms with Crippen LogP contribution in [0.1, 0.15) is 131 Å². The summed E-state index contributed by atoms with van der Waals surface area (Å²) in [7, 11) is 0. The van der Waals surface area contributed by atoms with E-state index in [4.69, 9.17) is 4.74 Å². The Bertz CT molecular complexity index is 341. The minimum Gasteiger partial charge on any atom is -0.466 e. The number of ether oxygens (including phenoxy) is 1. The molecule has 0 N–H and O–H groups in total. The summed E-state index contributed by atoms with van der Waals surface area (Å²) in [6.45, 7) is 14.3. The van der Waals surface area contributed by atoms with Gasteiger partial charge in [-0.15, -0.1) is 0 Å². The van der Waals surface area contributed by atoms with Gasteiger partial charge in [0.1, 0.15) is 0 Å². The maximum atomic E-state index is 11.8. The third-order valence-electron chi connectivity index (χ3n) is 5.25. The van der Waals surface area contributed by atoms with Crippen molar-refractivity contribution in [3.63, 3.8) is 0 Å². The Kier molecular flexibility index (Phi) is 16.1. The van der Waals surface area contributed by atoms with Gasteiger partial charge in [0.05, 0.1) is 6.61 Å². The normalized spacial score (nSPS) is 13.1. The third-order valence-corrected chi connectivity index (χ3v) is 5.25. The van der Waals surface area contributed by atoms with E-state index in [9.17, 15) is 4.79 Å². The number of unbranched alkanes of at least 4 members (excludes halogenated alkanes) is 9. The summed E-state index contributed by atoms with van der Waals surface area (Å²) in [5.74, 6) is 1.48. The molecule has 0 aromatic heterocycles. The van der Waals surface area contributed by atoms with E-state index in [0.29, 0.717) is 24.4 Å². The zero-order valence-electron chi connectivity index (χ0n) is 19.6. The molecular formula is C25H50O2. The number of esters is 1. The van der Waals surface area contributed by atoms with E-state index < -0.39 is 0 Å². The molecule has 0 bridgehead atoms. The van der Waals surface area contributed by atoms with Gasteiger partial charge in [-0.3, -0.25) is 4.79 Å². The maximum absolute atomic E-state index is 11.8. The van der Waals surface area contributed by atoms with Gasteiger partial charge in [0.25, 0.3) is 0 Å². The number of hydrogen-bond donors (Lipinski definition) is 0. The van der Waals surface area contributed by atoms with E-state index in [1.54, 1.807) is 0 Å². The van der Waals surface area contributed by atoms with E-state index in [1.165, 1.54) is 70.6 Å². The second kappa shape index (κ2) is 16.4. The summed E-state index contributed by atoms with van der Waals surface area (Å²) in [6, 6.07) is 0. The second-order valence-corrected chi connectivity index (χ2v) is 10.3. The van der Waals surface area contributed by atoms with Crippen LogP contribution in [-0.4, -0.2) is 12.6 Å². The van der Waals surface area contributed by atoms with Crippen molar-refractivity contribution in [2.75, 3.05) is 6.61 Å². The average molecular weight is 383 g/mol. The summed E-state index contributed by atoms with van der Waals surface area (Å²) in [5, 5.41) is 0. The van der Waals surface area contributed by atoms with E-state index >= 15 is 0 Å². The smallest absolute Gasteiger partial charge is 0.305 e. The van der Waals surface area contributed by atoms with Gasteiger partial charge in [-0.2, -0.15) is 0 Å². The van der Waals surface area contributed by atoms with Gasteiger partial charge in [0.2, 0.25) is 0 Å². The molecule has 1 atom stereocenters. The maximum Gasteiger partial charge on any atom is 0.305 e. The predicted octanol–water partition coefficient (Wildman–Crippen LogP) is 8.33. The van der Waals surface area contributed by atoms with Crippen LogP contribution >= 0.6 is 0 Å². The fraction of sp³-hybridized carbons (Fsp3) is 0.960. The topological polar surface area (TPSA) is 26.3 Å². The van der Waals surface area contributed by atoms with Gasteiger partial charge < -0.3 is 4.74 Å². The molecule has 0 heterocycles. The Morgan fingerprint density at radius 2 is 1.22 bits per heavy atom. The fourth-order valence-corrected chi connectivity index (χ4v) is 3.83. The molecule has 1 unspecified atom stereocenters. The van der Waals surface area contributed by atoms with E-state index in [-0.39, 0.29) is 5.97 Å². The van der Waals surface area contributed by atoms with Crippen molar-refractivity contribution in [3.8, 4) is 0 Å². The van der Waals surface area contributed by atoms with Crippen molar-refractivity contribution in [2.24, 2.45) is 17.3 Å². The molecule has 2 heteroatoms. The van der Waals surface area contributed by atoms with Gasteiger partial charge in [0, 0.05) is 6.42 Å². The highest BCUT2D eigenvalue weighted by Crippen LogP contribution is 2.25. The van der Waals surface area contributed by atoms with Gasteiger partial charge >= 0.3 is 5.97 Å². The van der Waals surface area contributed by atoms with Crippen LogP contribution in [0, 0.1) is 17.3 Å². The lowest BCUT2D eigenvalue weighted by Crippen LogP contribution is -2.14. The standard InChI is InChI=1S/C25H50O2/c1-22(2)17-15-13-11-9-7-8-10-12-14-16-18-24(26)27-20-19-23(3)21-25(4,5)6/h22-23H,7-21H2,1-6H3. The molecule has 162 valence electrons. The fourth-order valence-electron chi connectivity index (χ4n) is 3.83. The number of carbonyl (C=O) groups excluding carboxylic acids is 1. The molecule has 0 radical (unpaired) electrons. The summed E-state index contributed by atoms with van der Waals surface area (Å²) in [4.78, 5) is 11.8. The first-order valence-corrected chi connectivity index (χ1v) is 11.9. The van der Waals surface area contributed by atoms with Crippen molar-refractivity contribution in [1.82, 2.24) is 0 Å². The highest BCUT2D eigenvalue weighted by atomic mass is 16.5. The van der Waals surface area contributed by atoms with Crippen LogP contribution in [0.2, 0.25) is 0 Å². The first kappa shape index (κ1) is 26.5. The van der Waals surface area contributed by atoms with Crippen molar-refractivity contribution in [1.29, 1.82) is 0 Å². The minimum atomic E-state index is -0.000596. The van der Waals surface area contributed by atoms with Crippen molar-refractivity contribution in [2.45, 2.75) is 131 Å². The van der Waals surface area contributed by atoms with Crippen molar-refractivity contribution < 1.29 is 9.53 Å². The van der Waals surface area contributed by atoms with Crippen LogP contribution in [0.5, 0.6) is 0 Å². The average Bonchev–Trinajstić information content (AvgIpc) is 2.53. The van der Waals surface area contributed by atoms with E-state index in [0.717, 1.165) is 18.8 Å². The molecular weight excluding hydrogens is 332 g/mol. The third kappa shape index (κ3) is 21.6. The molecule has 0 aromatic carbocycles. The van der Waals surface area contributed by atoms with Crippen LogP contribution in [0.15, 0.2) is 0 Å². The monoisotopic (exact) mass is 382 g/mol. The molecule has 0 aliphatic heterocycles. The van der Waals surface area contributed by atoms with Crippen LogP contribution in [0.4, 0.5) is 0 Å². The SMILES string of the molecule is CC(C)CCCCCCCCCCCCC(=O)OCCC(C)CC(C)(C)C. The van der Waals surface area contributed by atoms with Crippen molar-refractivity contribution >= 4 is 5.97 Å². The molecule has 2 nitrogen and oxygen atoms in total. The van der Waals surface area contributed by atoms with Gasteiger partial charge in [0.15, 0.2) is 0 Å². The van der Waals surface area contributed by atoms with Crippen LogP contribution in [0.3, 0.4) is 0 Å². The largest absolute Gasteiger partial charge is 0.466 e. The number of carbonyl (C=O) groups is 1. The van der Waals surface area contributed by atoms with Crippen LogP contribution in [-0.2, 0) is 9.53 Å². The minimum absolute atomic E-state index is 0.000596. The number of rotatable bonds is 17. The van der Waals surface area contributed by atoms with Gasteiger partial charge in [-0.1, -0.05) is 106 Å². The van der Waals surface area contributed by atoms with E-state index in [2.05, 4.69) is 41.5 Å². The Hall–Kier alpha value is -0.530. The zero-order valence-corrected chi connectivity index (χ0v) is 19.6. The molecule has 0 fully saturated rings. The molecule has 0 aromatic rings. The quantitative estimate of drug-likeness (QED) is 0.187. The highest BCUT2D eigenvalue weighted by Gasteiger charge is 2.15. The van der Waals surface area contributed by atoms with Gasteiger partial charge in [-0.25, -0.2) is 0 Å². The summed E-state index contributed by atoms with van der Waals surface area (Å²) in [5.41, 5.74) is 0.358. The number of hydrogen-bond acceptors (Lipinski definition) is 2. The zero-order chi connectivity index (χ0) is 20.5. The predicted molar refractivity (Wildman–Crippen MR) is 119 cm³/mol. The summed E-state index contributed by atoms with van der Waals surface area (Å²) >= 11 is 0. The second-order valence-electron chi connectivity index (χ2n) is 10.3. The molecule has 0 aliphatic carbocycles. The molecule has 0 rings (SSSR count). The Balaban J connectivity index is 3.32. The molecule has 0 spiro atoms. The summed E-state index contributed by atoms with van der Waals surface area (Å²) < 4.78 is 5.39. The Morgan fingerprint density at radius 1 is 0.741 bits per heavy atom. The molecule has 27 heavy (non-hydrogen) atoms. The van der Waals surface area contributed by atoms with E-state index in [1.807, 2.05) is 0 Å².